The van der Waals surface area contributed by atoms with Crippen LogP contribution in [0.2, 0.25) is 0 Å². The number of hydrogen-bond acceptors (Lipinski definition) is 2. The molecule has 170 valence electrons. The summed E-state index contributed by atoms with van der Waals surface area (Å²) >= 11 is 0. The van der Waals surface area contributed by atoms with Gasteiger partial charge >= 0.3 is 0 Å². The van der Waals surface area contributed by atoms with Crippen LogP contribution in [0.1, 0.15) is 87.8 Å². The van der Waals surface area contributed by atoms with Crippen LogP contribution in [0, 0.1) is 0 Å². The Morgan fingerprint density at radius 2 is 1.32 bits per heavy atom. The summed E-state index contributed by atoms with van der Waals surface area (Å²) in [7, 11) is 0. The van der Waals surface area contributed by atoms with E-state index in [-0.39, 0.29) is 5.91 Å². The molecule has 31 heavy (non-hydrogen) atoms. The lowest BCUT2D eigenvalue weighted by molar-refractivity contribution is -0.121. The molecular formula is C28H42N2O. The summed E-state index contributed by atoms with van der Waals surface area (Å²) in [5, 5.41) is 6.59. The van der Waals surface area contributed by atoms with E-state index in [9.17, 15) is 4.79 Å². The first kappa shape index (κ1) is 25.1. The molecule has 3 heteroatoms. The standard InChI is InChI=1S/C28H42N2O/c1-2-3-4-5-6-7-8-9-13-19-28(31)30-24-27-18-14-17-26(22-27)23-29-21-20-25-15-11-10-12-16-25/h10-12,14-18,22,29H,2-9,13,19-21,23-24H2,1H3,(H,30,31). The predicted octanol–water partition coefficient (Wildman–Crippen LogP) is 6.56. The van der Waals surface area contributed by atoms with Gasteiger partial charge in [-0.15, -0.1) is 0 Å². The third-order valence-electron chi connectivity index (χ3n) is 5.75. The number of carbonyl (C=O) groups is 1. The van der Waals surface area contributed by atoms with Gasteiger partial charge in [0.05, 0.1) is 0 Å². The van der Waals surface area contributed by atoms with Crippen molar-refractivity contribution in [1.29, 1.82) is 0 Å². The molecule has 2 aromatic rings. The number of hydrogen-bond donors (Lipinski definition) is 2. The fraction of sp³-hybridized carbons (Fsp3) is 0.536. The van der Waals surface area contributed by atoms with E-state index in [1.807, 2.05) is 0 Å². The minimum atomic E-state index is 0.175. The van der Waals surface area contributed by atoms with Crippen molar-refractivity contribution in [1.82, 2.24) is 10.6 Å². The first-order valence-electron chi connectivity index (χ1n) is 12.4. The quantitative estimate of drug-likeness (QED) is 0.284. The van der Waals surface area contributed by atoms with Crippen LogP contribution in [0.15, 0.2) is 54.6 Å². The SMILES string of the molecule is CCCCCCCCCCCC(=O)NCc1cccc(CNCCc2ccccc2)c1. The van der Waals surface area contributed by atoms with Crippen LogP contribution in [0.5, 0.6) is 0 Å². The van der Waals surface area contributed by atoms with Crippen molar-refractivity contribution in [2.45, 2.75) is 90.6 Å². The van der Waals surface area contributed by atoms with Gasteiger partial charge in [-0.3, -0.25) is 4.79 Å². The monoisotopic (exact) mass is 422 g/mol. The predicted molar refractivity (Wildman–Crippen MR) is 132 cm³/mol. The Bertz CT molecular complexity index is 714. The number of carbonyl (C=O) groups excluding carboxylic acids is 1. The molecule has 0 spiro atoms. The van der Waals surface area contributed by atoms with E-state index in [2.05, 4.69) is 72.2 Å². The molecule has 0 aromatic heterocycles. The summed E-state index contributed by atoms with van der Waals surface area (Å²) in [4.78, 5) is 12.1. The molecule has 0 aliphatic heterocycles. The Labute approximate surface area is 190 Å². The first-order chi connectivity index (χ1) is 15.3. The zero-order chi connectivity index (χ0) is 22.0. The minimum absolute atomic E-state index is 0.175. The topological polar surface area (TPSA) is 41.1 Å². The number of amides is 1. The van der Waals surface area contributed by atoms with Crippen LogP contribution in [-0.4, -0.2) is 12.5 Å². The van der Waals surface area contributed by atoms with Crippen molar-refractivity contribution in [2.75, 3.05) is 6.54 Å². The van der Waals surface area contributed by atoms with Crippen molar-refractivity contribution in [3.63, 3.8) is 0 Å². The molecule has 0 saturated carbocycles. The van der Waals surface area contributed by atoms with Crippen molar-refractivity contribution in [2.24, 2.45) is 0 Å². The van der Waals surface area contributed by atoms with Gasteiger partial charge in [0.25, 0.3) is 0 Å². The molecule has 0 atom stereocenters. The lowest BCUT2D eigenvalue weighted by atomic mass is 10.1. The van der Waals surface area contributed by atoms with Gasteiger partial charge in [-0.2, -0.15) is 0 Å². The van der Waals surface area contributed by atoms with Crippen LogP contribution in [0.4, 0.5) is 0 Å². The van der Waals surface area contributed by atoms with E-state index in [1.54, 1.807) is 0 Å². The molecule has 0 fully saturated rings. The van der Waals surface area contributed by atoms with Crippen molar-refractivity contribution in [3.05, 3.63) is 71.3 Å². The molecule has 0 unspecified atom stereocenters. The molecule has 2 N–H and O–H groups in total. The highest BCUT2D eigenvalue weighted by Crippen LogP contribution is 2.11. The Balaban J connectivity index is 1.53. The van der Waals surface area contributed by atoms with E-state index >= 15 is 0 Å². The Morgan fingerprint density at radius 3 is 2.03 bits per heavy atom. The van der Waals surface area contributed by atoms with E-state index < -0.39 is 0 Å². The Kier molecular flexibility index (Phi) is 13.4. The van der Waals surface area contributed by atoms with Crippen LogP contribution in [0.25, 0.3) is 0 Å². The second-order valence-corrected chi connectivity index (χ2v) is 8.59. The van der Waals surface area contributed by atoms with Gasteiger partial charge in [-0.1, -0.05) is 113 Å². The van der Waals surface area contributed by atoms with E-state index in [0.29, 0.717) is 13.0 Å². The Hall–Kier alpha value is -2.13. The minimum Gasteiger partial charge on any atom is -0.352 e. The second-order valence-electron chi connectivity index (χ2n) is 8.59. The van der Waals surface area contributed by atoms with Gasteiger partial charge in [0.15, 0.2) is 0 Å². The Morgan fingerprint density at radius 1 is 0.710 bits per heavy atom. The highest BCUT2D eigenvalue weighted by atomic mass is 16.1. The van der Waals surface area contributed by atoms with Crippen molar-refractivity contribution >= 4 is 5.91 Å². The van der Waals surface area contributed by atoms with Crippen LogP contribution >= 0.6 is 0 Å². The summed E-state index contributed by atoms with van der Waals surface area (Å²) in [6, 6.07) is 19.1. The van der Waals surface area contributed by atoms with E-state index in [0.717, 1.165) is 25.9 Å². The molecule has 0 aliphatic carbocycles. The third kappa shape index (κ3) is 12.3. The first-order valence-corrected chi connectivity index (χ1v) is 12.4. The number of nitrogens with one attached hydrogen (secondary N) is 2. The fourth-order valence-electron chi connectivity index (χ4n) is 3.84. The van der Waals surface area contributed by atoms with Gasteiger partial charge < -0.3 is 10.6 Å². The lowest BCUT2D eigenvalue weighted by Crippen LogP contribution is -2.22. The van der Waals surface area contributed by atoms with Crippen molar-refractivity contribution < 1.29 is 4.79 Å². The van der Waals surface area contributed by atoms with Gasteiger partial charge in [-0.25, -0.2) is 0 Å². The molecule has 2 aromatic carbocycles. The molecule has 0 saturated heterocycles. The summed E-state index contributed by atoms with van der Waals surface area (Å²) in [5.41, 5.74) is 3.79. The molecule has 0 heterocycles. The molecule has 0 radical (unpaired) electrons. The van der Waals surface area contributed by atoms with Crippen molar-refractivity contribution in [3.8, 4) is 0 Å². The second kappa shape index (κ2) is 16.5. The maximum atomic E-state index is 12.1. The molecule has 0 bridgehead atoms. The van der Waals surface area contributed by atoms with Gasteiger partial charge in [0, 0.05) is 19.5 Å². The van der Waals surface area contributed by atoms with E-state index in [4.69, 9.17) is 0 Å². The maximum absolute atomic E-state index is 12.1. The zero-order valence-electron chi connectivity index (χ0n) is 19.5. The lowest BCUT2D eigenvalue weighted by Gasteiger charge is -2.09. The largest absolute Gasteiger partial charge is 0.352 e. The van der Waals surface area contributed by atoms with Gasteiger partial charge in [-0.05, 0) is 36.1 Å². The fourth-order valence-corrected chi connectivity index (χ4v) is 3.84. The maximum Gasteiger partial charge on any atom is 0.220 e. The molecule has 2 rings (SSSR count). The summed E-state index contributed by atoms with van der Waals surface area (Å²) < 4.78 is 0. The van der Waals surface area contributed by atoms with Gasteiger partial charge in [0.1, 0.15) is 0 Å². The smallest absolute Gasteiger partial charge is 0.220 e. The average Bonchev–Trinajstić information content (AvgIpc) is 2.80. The van der Waals surface area contributed by atoms with Crippen LogP contribution in [0.3, 0.4) is 0 Å². The molecule has 1 amide bonds. The number of rotatable bonds is 17. The number of benzene rings is 2. The molecule has 0 aliphatic rings. The molecular weight excluding hydrogens is 380 g/mol. The highest BCUT2D eigenvalue weighted by molar-refractivity contribution is 5.75. The van der Waals surface area contributed by atoms with Gasteiger partial charge in [0.2, 0.25) is 5.91 Å². The van der Waals surface area contributed by atoms with E-state index in [1.165, 1.54) is 68.1 Å². The summed E-state index contributed by atoms with van der Waals surface area (Å²) in [5.74, 6) is 0.175. The summed E-state index contributed by atoms with van der Waals surface area (Å²) in [6.45, 7) is 4.69. The zero-order valence-corrected chi connectivity index (χ0v) is 19.5. The number of unbranched alkanes of at least 4 members (excludes halogenated alkanes) is 8. The third-order valence-corrected chi connectivity index (χ3v) is 5.75. The van der Waals surface area contributed by atoms with Crippen LogP contribution < -0.4 is 10.6 Å². The average molecular weight is 423 g/mol. The normalized spacial score (nSPS) is 10.9. The summed E-state index contributed by atoms with van der Waals surface area (Å²) in [6.07, 6.45) is 13.2. The van der Waals surface area contributed by atoms with Crippen LogP contribution in [-0.2, 0) is 24.3 Å². The highest BCUT2D eigenvalue weighted by Gasteiger charge is 2.03. The molecule has 3 nitrogen and oxygen atoms in total.